The average Bonchev–Trinajstić information content (AvgIpc) is 3.38. The summed E-state index contributed by atoms with van der Waals surface area (Å²) in [5, 5.41) is 8.93. The van der Waals surface area contributed by atoms with E-state index in [1.807, 2.05) is 4.90 Å². The first kappa shape index (κ1) is 17.4. The molecule has 0 bridgehead atoms. The van der Waals surface area contributed by atoms with Gasteiger partial charge in [-0.05, 0) is 51.3 Å². The van der Waals surface area contributed by atoms with Crippen LogP contribution in [-0.2, 0) is 5.54 Å². The Labute approximate surface area is 156 Å². The molecule has 1 aromatic carbocycles. The van der Waals surface area contributed by atoms with Crippen LogP contribution in [0.3, 0.4) is 0 Å². The summed E-state index contributed by atoms with van der Waals surface area (Å²) in [5.41, 5.74) is 1.26. The van der Waals surface area contributed by atoms with Gasteiger partial charge < -0.3 is 9.80 Å². The lowest BCUT2D eigenvalue weighted by Crippen LogP contribution is -2.67. The number of carbonyl (C=O) groups excluding carboxylic acids is 1. The number of hydrogen-bond acceptors (Lipinski definition) is 3. The van der Waals surface area contributed by atoms with Crippen LogP contribution < -0.4 is 0 Å². The number of amides is 2. The van der Waals surface area contributed by atoms with E-state index in [-0.39, 0.29) is 17.1 Å². The molecule has 1 spiro atoms. The van der Waals surface area contributed by atoms with Crippen LogP contribution in [-0.4, -0.2) is 60.0 Å². The van der Waals surface area contributed by atoms with Gasteiger partial charge in [-0.15, -0.1) is 0 Å². The summed E-state index contributed by atoms with van der Waals surface area (Å²) < 4.78 is 0. The lowest BCUT2D eigenvalue weighted by atomic mass is 9.58. The Morgan fingerprint density at radius 2 is 1.92 bits per heavy atom. The summed E-state index contributed by atoms with van der Waals surface area (Å²) >= 11 is 0. The van der Waals surface area contributed by atoms with Crippen LogP contribution in [0.25, 0.3) is 0 Å². The predicted molar refractivity (Wildman–Crippen MR) is 100 cm³/mol. The minimum atomic E-state index is -0.0742. The Bertz CT molecular complexity index is 713. The Morgan fingerprint density at radius 3 is 2.50 bits per heavy atom. The molecule has 1 aromatic rings. The van der Waals surface area contributed by atoms with E-state index < -0.39 is 0 Å². The van der Waals surface area contributed by atoms with Crippen molar-refractivity contribution in [2.45, 2.75) is 43.2 Å². The van der Waals surface area contributed by atoms with E-state index >= 15 is 0 Å². The number of benzene rings is 1. The highest BCUT2D eigenvalue weighted by molar-refractivity contribution is 5.79. The van der Waals surface area contributed by atoms with Gasteiger partial charge in [-0.3, -0.25) is 4.90 Å². The monoisotopic (exact) mass is 352 g/mol. The lowest BCUT2D eigenvalue weighted by Gasteiger charge is -2.60. The Hall–Kier alpha value is -2.06. The van der Waals surface area contributed by atoms with Crippen molar-refractivity contribution in [2.75, 3.05) is 33.7 Å². The van der Waals surface area contributed by atoms with E-state index in [1.165, 1.54) is 18.4 Å². The van der Waals surface area contributed by atoms with Gasteiger partial charge in [0.05, 0.1) is 23.6 Å². The van der Waals surface area contributed by atoms with E-state index in [9.17, 15) is 4.79 Å². The van der Waals surface area contributed by atoms with Gasteiger partial charge in [-0.1, -0.05) is 30.3 Å². The number of carbonyl (C=O) groups is 1. The third kappa shape index (κ3) is 2.68. The highest BCUT2D eigenvalue weighted by atomic mass is 16.2. The van der Waals surface area contributed by atoms with Crippen LogP contribution in [0.2, 0.25) is 0 Å². The summed E-state index contributed by atoms with van der Waals surface area (Å²) in [6.45, 7) is 2.21. The van der Waals surface area contributed by atoms with Gasteiger partial charge in [-0.25, -0.2) is 4.79 Å². The molecule has 0 radical (unpaired) electrons. The van der Waals surface area contributed by atoms with E-state index in [4.69, 9.17) is 5.26 Å². The van der Waals surface area contributed by atoms with Crippen molar-refractivity contribution < 1.29 is 4.79 Å². The molecule has 5 heteroatoms. The highest BCUT2D eigenvalue weighted by Crippen LogP contribution is 2.57. The van der Waals surface area contributed by atoms with Gasteiger partial charge in [0.2, 0.25) is 0 Å². The van der Waals surface area contributed by atoms with Crippen molar-refractivity contribution in [2.24, 2.45) is 5.92 Å². The molecule has 1 aliphatic heterocycles. The zero-order valence-corrected chi connectivity index (χ0v) is 15.8. The molecule has 2 amide bonds. The van der Waals surface area contributed by atoms with Crippen LogP contribution in [0.1, 0.15) is 37.7 Å². The number of rotatable bonds is 6. The van der Waals surface area contributed by atoms with Gasteiger partial charge in [0, 0.05) is 19.6 Å². The fourth-order valence-electron chi connectivity index (χ4n) is 4.94. The van der Waals surface area contributed by atoms with Crippen LogP contribution in [0.5, 0.6) is 0 Å². The topological polar surface area (TPSA) is 50.6 Å². The third-order valence-corrected chi connectivity index (χ3v) is 6.60. The smallest absolute Gasteiger partial charge is 0.320 e. The highest BCUT2D eigenvalue weighted by Gasteiger charge is 2.64. The largest absolute Gasteiger partial charge is 0.321 e. The van der Waals surface area contributed by atoms with Gasteiger partial charge in [0.1, 0.15) is 0 Å². The molecule has 3 aliphatic rings. The fraction of sp³-hybridized carbons (Fsp3) is 0.619. The maximum absolute atomic E-state index is 13.0. The van der Waals surface area contributed by atoms with Crippen molar-refractivity contribution in [1.29, 1.82) is 5.26 Å². The van der Waals surface area contributed by atoms with Crippen molar-refractivity contribution in [3.05, 3.63) is 35.9 Å². The molecule has 3 fully saturated rings. The average molecular weight is 352 g/mol. The molecule has 0 atom stereocenters. The quantitative estimate of drug-likeness (QED) is 0.791. The third-order valence-electron chi connectivity index (χ3n) is 6.60. The zero-order valence-electron chi connectivity index (χ0n) is 15.8. The summed E-state index contributed by atoms with van der Waals surface area (Å²) in [6.07, 6.45) is 4.85. The molecule has 5 nitrogen and oxygen atoms in total. The van der Waals surface area contributed by atoms with Crippen molar-refractivity contribution in [3.8, 4) is 6.07 Å². The Kier molecular flexibility index (Phi) is 4.19. The van der Waals surface area contributed by atoms with Gasteiger partial charge >= 0.3 is 6.03 Å². The van der Waals surface area contributed by atoms with Crippen molar-refractivity contribution in [1.82, 2.24) is 14.7 Å². The first-order valence-electron chi connectivity index (χ1n) is 9.67. The zero-order chi connectivity index (χ0) is 18.4. The minimum Gasteiger partial charge on any atom is -0.321 e. The second kappa shape index (κ2) is 6.28. The molecule has 4 rings (SSSR count). The molecule has 138 valence electrons. The first-order chi connectivity index (χ1) is 12.5. The van der Waals surface area contributed by atoms with Crippen LogP contribution in [0, 0.1) is 17.2 Å². The second-order valence-electron chi connectivity index (χ2n) is 8.54. The predicted octanol–water partition coefficient (Wildman–Crippen LogP) is 3.04. The molecule has 1 heterocycles. The van der Waals surface area contributed by atoms with E-state index in [1.54, 1.807) is 0 Å². The number of urea groups is 1. The molecule has 2 saturated carbocycles. The molecular weight excluding hydrogens is 324 g/mol. The SMILES string of the molecule is CN(C)[C@]1(c2ccccc2)C[C@@]2(CN(CCC#N)C(=O)N2CC2CC2)C1. The van der Waals surface area contributed by atoms with Crippen LogP contribution >= 0.6 is 0 Å². The maximum Gasteiger partial charge on any atom is 0.320 e. The van der Waals surface area contributed by atoms with Crippen LogP contribution in [0.4, 0.5) is 4.79 Å². The summed E-state index contributed by atoms with van der Waals surface area (Å²) in [5.74, 6) is 0.679. The summed E-state index contributed by atoms with van der Waals surface area (Å²) in [7, 11) is 4.30. The normalized spacial score (nSPS) is 30.8. The maximum atomic E-state index is 13.0. The lowest BCUT2D eigenvalue weighted by molar-refractivity contribution is -0.0707. The molecule has 0 aromatic heterocycles. The molecule has 0 N–H and O–H groups in total. The summed E-state index contributed by atoms with van der Waals surface area (Å²) in [4.78, 5) is 19.4. The Balaban J connectivity index is 1.60. The van der Waals surface area contributed by atoms with E-state index in [0.717, 1.165) is 25.9 Å². The number of nitrogens with zero attached hydrogens (tertiary/aromatic N) is 4. The molecule has 2 aliphatic carbocycles. The molecule has 26 heavy (non-hydrogen) atoms. The standard InChI is InChI=1S/C21H28N4O/c1-23(2)21(18-7-4-3-5-8-18)14-20(15-21)16-24(12-6-11-22)19(26)25(20)13-17-9-10-17/h3-5,7-8,17H,6,9-10,12-16H2,1-2H3/t20-,21+. The molecule has 0 unspecified atom stereocenters. The van der Waals surface area contributed by atoms with E-state index in [0.29, 0.717) is 18.9 Å². The van der Waals surface area contributed by atoms with Gasteiger partial charge in [0.25, 0.3) is 0 Å². The van der Waals surface area contributed by atoms with Gasteiger partial charge in [-0.2, -0.15) is 5.26 Å². The van der Waals surface area contributed by atoms with Crippen molar-refractivity contribution in [3.63, 3.8) is 0 Å². The summed E-state index contributed by atoms with van der Waals surface area (Å²) in [6, 6.07) is 13.0. The first-order valence-corrected chi connectivity index (χ1v) is 9.67. The fourth-order valence-corrected chi connectivity index (χ4v) is 4.94. The second-order valence-corrected chi connectivity index (χ2v) is 8.54. The minimum absolute atomic E-state index is 0.00538. The van der Waals surface area contributed by atoms with E-state index in [2.05, 4.69) is 60.3 Å². The number of hydrogen-bond donors (Lipinski definition) is 0. The molecular formula is C21H28N4O. The Morgan fingerprint density at radius 1 is 1.23 bits per heavy atom. The molecule has 1 saturated heterocycles. The van der Waals surface area contributed by atoms with Gasteiger partial charge in [0.15, 0.2) is 0 Å². The van der Waals surface area contributed by atoms with Crippen LogP contribution in [0.15, 0.2) is 30.3 Å². The van der Waals surface area contributed by atoms with Crippen molar-refractivity contribution >= 4 is 6.03 Å². The number of nitriles is 1.